The first-order chi connectivity index (χ1) is 30.3. The predicted octanol–water partition coefficient (Wildman–Crippen LogP) is 15.9. The molecule has 0 aliphatic heterocycles. The van der Waals surface area contributed by atoms with Gasteiger partial charge in [0.1, 0.15) is 5.58 Å². The number of para-hydroxylation sites is 1. The van der Waals surface area contributed by atoms with Gasteiger partial charge in [-0.1, -0.05) is 188 Å². The highest BCUT2D eigenvalue weighted by molar-refractivity contribution is 6.23. The van der Waals surface area contributed by atoms with Crippen LogP contribution in [0.1, 0.15) is 22.3 Å². The topological polar surface area (TPSA) is 16.4 Å². The van der Waals surface area contributed by atoms with Gasteiger partial charge in [0.2, 0.25) is 0 Å². The molecular weight excluding hydrogens is 739 g/mol. The zero-order chi connectivity index (χ0) is 40.1. The fourth-order valence-corrected chi connectivity index (χ4v) is 10.7. The number of furan rings is 1. The first kappa shape index (κ1) is 34.0. The SMILES string of the molecule is c1ccc(-c2ccc(N(c3ccc4c(c3)C3(c5ccccc5-c5ccccc53)c3ccccc3-4)c3cc4ccccc4c4c3oc3ccccc34)c(-c3ccccc3)c2)cc1. The Kier molecular flexibility index (Phi) is 7.26. The summed E-state index contributed by atoms with van der Waals surface area (Å²) in [4.78, 5) is 2.47. The molecule has 2 heteroatoms. The smallest absolute Gasteiger partial charge is 0.160 e. The van der Waals surface area contributed by atoms with Crippen molar-refractivity contribution in [3.8, 4) is 44.5 Å². The summed E-state index contributed by atoms with van der Waals surface area (Å²) < 4.78 is 7.04. The minimum atomic E-state index is -0.488. The Labute approximate surface area is 354 Å². The maximum Gasteiger partial charge on any atom is 0.160 e. The molecule has 2 aliphatic rings. The van der Waals surface area contributed by atoms with Gasteiger partial charge in [0.15, 0.2) is 5.58 Å². The summed E-state index contributed by atoms with van der Waals surface area (Å²) in [6, 6.07) is 82.3. The molecule has 1 aromatic heterocycles. The average molecular weight is 776 g/mol. The minimum Gasteiger partial charge on any atom is -0.454 e. The Morgan fingerprint density at radius 3 is 1.59 bits per heavy atom. The molecule has 2 aliphatic carbocycles. The summed E-state index contributed by atoms with van der Waals surface area (Å²) in [5, 5.41) is 4.57. The van der Waals surface area contributed by atoms with Crippen molar-refractivity contribution in [2.45, 2.75) is 5.41 Å². The molecule has 2 nitrogen and oxygen atoms in total. The minimum absolute atomic E-state index is 0.488. The summed E-state index contributed by atoms with van der Waals surface area (Å²) in [5.74, 6) is 0. The molecule has 0 unspecified atom stereocenters. The van der Waals surface area contributed by atoms with Gasteiger partial charge in [0.05, 0.1) is 16.8 Å². The summed E-state index contributed by atoms with van der Waals surface area (Å²) in [6.45, 7) is 0. The van der Waals surface area contributed by atoms with E-state index < -0.39 is 5.41 Å². The van der Waals surface area contributed by atoms with Gasteiger partial charge in [-0.25, -0.2) is 0 Å². The summed E-state index contributed by atoms with van der Waals surface area (Å²) in [7, 11) is 0. The lowest BCUT2D eigenvalue weighted by Crippen LogP contribution is -2.26. The summed E-state index contributed by atoms with van der Waals surface area (Å²) >= 11 is 0. The lowest BCUT2D eigenvalue weighted by atomic mass is 9.70. The number of rotatable bonds is 5. The Morgan fingerprint density at radius 1 is 0.344 bits per heavy atom. The van der Waals surface area contributed by atoms with Crippen LogP contribution in [0.3, 0.4) is 0 Å². The van der Waals surface area contributed by atoms with Gasteiger partial charge in [0.25, 0.3) is 0 Å². The van der Waals surface area contributed by atoms with Crippen LogP contribution in [0.4, 0.5) is 17.1 Å². The first-order valence-electron chi connectivity index (χ1n) is 21.1. The number of hydrogen-bond donors (Lipinski definition) is 0. The van der Waals surface area contributed by atoms with E-state index in [1.807, 2.05) is 0 Å². The van der Waals surface area contributed by atoms with Gasteiger partial charge in [0, 0.05) is 22.0 Å². The van der Waals surface area contributed by atoms with Crippen molar-refractivity contribution in [3.05, 3.63) is 247 Å². The Hall–Kier alpha value is -7.94. The van der Waals surface area contributed by atoms with E-state index >= 15 is 0 Å². The Morgan fingerprint density at radius 2 is 0.902 bits per heavy atom. The van der Waals surface area contributed by atoms with Crippen molar-refractivity contribution in [1.82, 2.24) is 0 Å². The Bertz CT molecular complexity index is 3480. The Balaban J connectivity index is 1.16. The summed E-state index contributed by atoms with van der Waals surface area (Å²) in [5.41, 5.74) is 19.4. The van der Waals surface area contributed by atoms with Crippen molar-refractivity contribution < 1.29 is 4.42 Å². The van der Waals surface area contributed by atoms with E-state index in [0.717, 1.165) is 61.1 Å². The molecule has 0 saturated heterocycles. The van der Waals surface area contributed by atoms with Crippen LogP contribution in [0.25, 0.3) is 77.2 Å². The number of fused-ring (bicyclic) bond motifs is 15. The van der Waals surface area contributed by atoms with E-state index in [4.69, 9.17) is 4.42 Å². The molecule has 0 saturated carbocycles. The van der Waals surface area contributed by atoms with Crippen molar-refractivity contribution in [2.75, 3.05) is 4.90 Å². The van der Waals surface area contributed by atoms with E-state index in [9.17, 15) is 0 Å². The van der Waals surface area contributed by atoms with Gasteiger partial charge in [-0.2, -0.15) is 0 Å². The van der Waals surface area contributed by atoms with E-state index in [-0.39, 0.29) is 0 Å². The van der Waals surface area contributed by atoms with Gasteiger partial charge in [-0.3, -0.25) is 0 Å². The largest absolute Gasteiger partial charge is 0.454 e. The average Bonchev–Trinajstić information content (AvgIpc) is 3.97. The van der Waals surface area contributed by atoms with E-state index in [2.05, 4.69) is 229 Å². The van der Waals surface area contributed by atoms with E-state index in [0.29, 0.717) is 0 Å². The number of anilines is 3. The van der Waals surface area contributed by atoms with Crippen LogP contribution < -0.4 is 4.90 Å². The molecule has 61 heavy (non-hydrogen) atoms. The van der Waals surface area contributed by atoms with Crippen LogP contribution in [0.5, 0.6) is 0 Å². The zero-order valence-electron chi connectivity index (χ0n) is 33.2. The first-order valence-corrected chi connectivity index (χ1v) is 21.1. The van der Waals surface area contributed by atoms with Gasteiger partial charge in [-0.05, 0) is 108 Å². The highest BCUT2D eigenvalue weighted by Crippen LogP contribution is 2.63. The van der Waals surface area contributed by atoms with Crippen molar-refractivity contribution in [3.63, 3.8) is 0 Å². The lowest BCUT2D eigenvalue weighted by molar-refractivity contribution is 0.669. The van der Waals surface area contributed by atoms with Gasteiger partial charge in [-0.15, -0.1) is 0 Å². The van der Waals surface area contributed by atoms with Crippen LogP contribution >= 0.6 is 0 Å². The molecule has 10 aromatic carbocycles. The van der Waals surface area contributed by atoms with Crippen LogP contribution in [-0.4, -0.2) is 0 Å². The third-order valence-electron chi connectivity index (χ3n) is 13.3. The van der Waals surface area contributed by atoms with Crippen molar-refractivity contribution >= 4 is 49.8 Å². The highest BCUT2D eigenvalue weighted by atomic mass is 16.3. The lowest BCUT2D eigenvalue weighted by Gasteiger charge is -2.33. The molecule has 0 radical (unpaired) electrons. The third-order valence-corrected chi connectivity index (χ3v) is 13.3. The van der Waals surface area contributed by atoms with Crippen LogP contribution in [0, 0.1) is 0 Å². The number of benzene rings is 10. The fraction of sp³-hybridized carbons (Fsp3) is 0.0169. The van der Waals surface area contributed by atoms with Gasteiger partial charge >= 0.3 is 0 Å². The van der Waals surface area contributed by atoms with Crippen molar-refractivity contribution in [2.24, 2.45) is 0 Å². The monoisotopic (exact) mass is 775 g/mol. The maximum atomic E-state index is 7.04. The molecule has 284 valence electrons. The zero-order valence-corrected chi connectivity index (χ0v) is 33.2. The van der Waals surface area contributed by atoms with Crippen molar-refractivity contribution in [1.29, 1.82) is 0 Å². The third kappa shape index (κ3) is 4.79. The highest BCUT2D eigenvalue weighted by Gasteiger charge is 2.51. The molecular formula is C59H37NO. The molecule has 1 spiro atoms. The summed E-state index contributed by atoms with van der Waals surface area (Å²) in [6.07, 6.45) is 0. The number of nitrogens with zero attached hydrogens (tertiary/aromatic N) is 1. The van der Waals surface area contributed by atoms with E-state index in [1.165, 1.54) is 55.5 Å². The second kappa shape index (κ2) is 13.0. The maximum absolute atomic E-state index is 7.04. The normalized spacial score (nSPS) is 13.0. The van der Waals surface area contributed by atoms with E-state index in [1.54, 1.807) is 0 Å². The fourth-order valence-electron chi connectivity index (χ4n) is 10.7. The molecule has 11 aromatic rings. The second-order valence-electron chi connectivity index (χ2n) is 16.3. The molecule has 0 fully saturated rings. The molecule has 0 bridgehead atoms. The molecule has 0 atom stereocenters. The van der Waals surface area contributed by atoms with Gasteiger partial charge < -0.3 is 9.32 Å². The molecule has 13 rings (SSSR count). The standard InChI is InChI=1S/C59H37NO/c1-3-17-38(18-4-1)40-31-34-54(49(35-40)39-19-5-2-6-20-39)60(55-36-41-21-7-8-22-43(41)57-48-26-12-16-30-56(48)61-58(55)57)42-32-33-47-46-25-11-15-29-52(46)59(53(47)37-42)50-27-13-9-23-44(50)45-24-10-14-28-51(45)59/h1-37H. The predicted molar refractivity (Wildman–Crippen MR) is 253 cm³/mol. The van der Waals surface area contributed by atoms with Crippen LogP contribution in [0.15, 0.2) is 229 Å². The second-order valence-corrected chi connectivity index (χ2v) is 16.3. The molecule has 0 amide bonds. The van der Waals surface area contributed by atoms with Crippen LogP contribution in [0.2, 0.25) is 0 Å². The molecule has 1 heterocycles. The molecule has 0 N–H and O–H groups in total. The quantitative estimate of drug-likeness (QED) is 0.173. The number of hydrogen-bond acceptors (Lipinski definition) is 2. The van der Waals surface area contributed by atoms with Crippen LogP contribution in [-0.2, 0) is 5.41 Å².